The molecule has 0 spiro atoms. The fourth-order valence-electron chi connectivity index (χ4n) is 2.03. The van der Waals surface area contributed by atoms with E-state index in [1.807, 2.05) is 37.3 Å². The second kappa shape index (κ2) is 7.43. The summed E-state index contributed by atoms with van der Waals surface area (Å²) >= 11 is 6.01. The first-order chi connectivity index (χ1) is 10.1. The third-order valence-corrected chi connectivity index (χ3v) is 3.56. The molecule has 0 aliphatic carbocycles. The molecule has 2 aromatic rings. The number of pyridine rings is 1. The van der Waals surface area contributed by atoms with Gasteiger partial charge in [-0.05, 0) is 56.1 Å². The van der Waals surface area contributed by atoms with Gasteiger partial charge in [0.05, 0.1) is 0 Å². The molecular formula is C17H21ClN2O. The Morgan fingerprint density at radius 2 is 2.10 bits per heavy atom. The molecule has 1 atom stereocenters. The number of hydrogen-bond donors (Lipinski definition) is 1. The van der Waals surface area contributed by atoms with Crippen LogP contribution in [0.15, 0.2) is 36.5 Å². The lowest BCUT2D eigenvalue weighted by Crippen LogP contribution is -2.19. The maximum atomic E-state index is 6.01. The van der Waals surface area contributed by atoms with Gasteiger partial charge < -0.3 is 10.1 Å². The molecule has 4 heteroatoms. The summed E-state index contributed by atoms with van der Waals surface area (Å²) in [6, 6.07) is 9.84. The van der Waals surface area contributed by atoms with Gasteiger partial charge >= 0.3 is 0 Å². The zero-order chi connectivity index (χ0) is 15.2. The molecule has 0 aliphatic rings. The van der Waals surface area contributed by atoms with Crippen LogP contribution in [0.25, 0.3) is 0 Å². The molecule has 3 nitrogen and oxygen atoms in total. The van der Waals surface area contributed by atoms with E-state index in [2.05, 4.69) is 24.1 Å². The normalized spacial score (nSPS) is 12.2. The Bertz CT molecular complexity index is 601. The lowest BCUT2D eigenvalue weighted by atomic mass is 10.1. The molecule has 0 amide bonds. The van der Waals surface area contributed by atoms with Gasteiger partial charge in [-0.3, -0.25) is 0 Å². The average molecular weight is 305 g/mol. The fourth-order valence-corrected chi connectivity index (χ4v) is 2.19. The van der Waals surface area contributed by atoms with Gasteiger partial charge in [-0.15, -0.1) is 0 Å². The maximum Gasteiger partial charge on any atom is 0.219 e. The van der Waals surface area contributed by atoms with Crippen LogP contribution in [-0.2, 0) is 0 Å². The van der Waals surface area contributed by atoms with Crippen molar-refractivity contribution in [2.75, 3.05) is 6.54 Å². The minimum Gasteiger partial charge on any atom is -0.439 e. The molecule has 21 heavy (non-hydrogen) atoms. The summed E-state index contributed by atoms with van der Waals surface area (Å²) in [7, 11) is 0. The third-order valence-electron chi connectivity index (χ3n) is 3.32. The molecule has 0 saturated carbocycles. The molecule has 0 bridgehead atoms. The third kappa shape index (κ3) is 4.45. The van der Waals surface area contributed by atoms with Crippen molar-refractivity contribution in [3.05, 3.63) is 52.7 Å². The van der Waals surface area contributed by atoms with Gasteiger partial charge in [0.2, 0.25) is 5.88 Å². The van der Waals surface area contributed by atoms with E-state index in [0.29, 0.717) is 10.9 Å². The molecule has 2 rings (SSSR count). The summed E-state index contributed by atoms with van der Waals surface area (Å²) in [5.41, 5.74) is 2.19. The highest BCUT2D eigenvalue weighted by Crippen LogP contribution is 2.28. The molecule has 1 N–H and O–H groups in total. The molecule has 0 aliphatic heterocycles. The second-order valence-corrected chi connectivity index (χ2v) is 5.55. The summed E-state index contributed by atoms with van der Waals surface area (Å²) in [6.07, 6.45) is 2.88. The van der Waals surface area contributed by atoms with E-state index in [-0.39, 0.29) is 6.04 Å². The molecule has 1 aromatic heterocycles. The highest BCUT2D eigenvalue weighted by molar-refractivity contribution is 6.30. The SMILES string of the molecule is CCCNC(C)c1ccnc(Oc2cc(Cl)ccc2C)c1. The molecule has 1 aromatic carbocycles. The van der Waals surface area contributed by atoms with Crippen LogP contribution in [0, 0.1) is 6.92 Å². The van der Waals surface area contributed by atoms with E-state index in [1.165, 1.54) is 0 Å². The Balaban J connectivity index is 2.15. The molecule has 112 valence electrons. The van der Waals surface area contributed by atoms with Crippen LogP contribution < -0.4 is 10.1 Å². The number of hydrogen-bond acceptors (Lipinski definition) is 3. The lowest BCUT2D eigenvalue weighted by Gasteiger charge is -2.15. The van der Waals surface area contributed by atoms with Crippen molar-refractivity contribution in [1.82, 2.24) is 10.3 Å². The van der Waals surface area contributed by atoms with Crippen LogP contribution in [0.2, 0.25) is 5.02 Å². The monoisotopic (exact) mass is 304 g/mol. The molecule has 1 unspecified atom stereocenters. The topological polar surface area (TPSA) is 34.2 Å². The number of benzene rings is 1. The molecule has 0 saturated heterocycles. The van der Waals surface area contributed by atoms with Crippen molar-refractivity contribution in [2.24, 2.45) is 0 Å². The Hall–Kier alpha value is -1.58. The zero-order valence-electron chi connectivity index (χ0n) is 12.7. The highest BCUT2D eigenvalue weighted by Gasteiger charge is 2.08. The van der Waals surface area contributed by atoms with Crippen molar-refractivity contribution in [2.45, 2.75) is 33.2 Å². The molecule has 1 heterocycles. The van der Waals surface area contributed by atoms with E-state index in [1.54, 1.807) is 6.20 Å². The zero-order valence-corrected chi connectivity index (χ0v) is 13.4. The van der Waals surface area contributed by atoms with Gasteiger partial charge in [-0.25, -0.2) is 4.98 Å². The largest absolute Gasteiger partial charge is 0.439 e. The van der Waals surface area contributed by atoms with Gasteiger partial charge in [0.15, 0.2) is 0 Å². The standard InChI is InChI=1S/C17H21ClN2O/c1-4-8-19-13(3)14-7-9-20-17(10-14)21-16-11-15(18)6-5-12(16)2/h5-7,9-11,13,19H,4,8H2,1-3H3. The van der Waals surface area contributed by atoms with Crippen molar-refractivity contribution >= 4 is 11.6 Å². The molecular weight excluding hydrogens is 284 g/mol. The predicted molar refractivity (Wildman–Crippen MR) is 87.2 cm³/mol. The minimum atomic E-state index is 0.274. The Kier molecular flexibility index (Phi) is 5.59. The number of aryl methyl sites for hydroxylation is 1. The first-order valence-electron chi connectivity index (χ1n) is 7.23. The van der Waals surface area contributed by atoms with E-state index in [9.17, 15) is 0 Å². The summed E-state index contributed by atoms with van der Waals surface area (Å²) < 4.78 is 5.86. The van der Waals surface area contributed by atoms with E-state index >= 15 is 0 Å². The average Bonchev–Trinajstić information content (AvgIpc) is 2.49. The maximum absolute atomic E-state index is 6.01. The van der Waals surface area contributed by atoms with Crippen LogP contribution in [-0.4, -0.2) is 11.5 Å². The van der Waals surface area contributed by atoms with Crippen LogP contribution >= 0.6 is 11.6 Å². The van der Waals surface area contributed by atoms with Crippen molar-refractivity contribution in [1.29, 1.82) is 0 Å². The van der Waals surface area contributed by atoms with Gasteiger partial charge in [-0.2, -0.15) is 0 Å². The summed E-state index contributed by atoms with van der Waals surface area (Å²) in [5.74, 6) is 1.32. The quantitative estimate of drug-likeness (QED) is 0.824. The van der Waals surface area contributed by atoms with E-state index < -0.39 is 0 Å². The Morgan fingerprint density at radius 3 is 2.86 bits per heavy atom. The predicted octanol–water partition coefficient (Wildman–Crippen LogP) is 4.90. The second-order valence-electron chi connectivity index (χ2n) is 5.12. The van der Waals surface area contributed by atoms with Gasteiger partial charge in [0.25, 0.3) is 0 Å². The van der Waals surface area contributed by atoms with Gasteiger partial charge in [-0.1, -0.05) is 24.6 Å². The first-order valence-corrected chi connectivity index (χ1v) is 7.61. The van der Waals surface area contributed by atoms with Gasteiger partial charge in [0.1, 0.15) is 5.75 Å². The number of ether oxygens (including phenoxy) is 1. The van der Waals surface area contributed by atoms with Crippen molar-refractivity contribution < 1.29 is 4.74 Å². The summed E-state index contributed by atoms with van der Waals surface area (Å²) in [5, 5.41) is 4.11. The fraction of sp³-hybridized carbons (Fsp3) is 0.353. The number of rotatable bonds is 6. The van der Waals surface area contributed by atoms with Crippen LogP contribution in [0.4, 0.5) is 0 Å². The van der Waals surface area contributed by atoms with Crippen LogP contribution in [0.3, 0.4) is 0 Å². The van der Waals surface area contributed by atoms with Crippen molar-refractivity contribution in [3.8, 4) is 11.6 Å². The smallest absolute Gasteiger partial charge is 0.219 e. The minimum absolute atomic E-state index is 0.274. The number of aromatic nitrogens is 1. The van der Waals surface area contributed by atoms with Crippen LogP contribution in [0.5, 0.6) is 11.6 Å². The molecule has 0 fully saturated rings. The summed E-state index contributed by atoms with van der Waals surface area (Å²) in [4.78, 5) is 4.28. The Morgan fingerprint density at radius 1 is 1.29 bits per heavy atom. The Labute approximate surface area is 131 Å². The highest BCUT2D eigenvalue weighted by atomic mass is 35.5. The number of nitrogens with one attached hydrogen (secondary N) is 1. The van der Waals surface area contributed by atoms with E-state index in [0.717, 1.165) is 29.8 Å². The summed E-state index contributed by atoms with van der Waals surface area (Å²) in [6.45, 7) is 7.27. The van der Waals surface area contributed by atoms with Crippen LogP contribution in [0.1, 0.15) is 37.4 Å². The first kappa shape index (κ1) is 15.8. The lowest BCUT2D eigenvalue weighted by molar-refractivity contribution is 0.456. The molecule has 0 radical (unpaired) electrons. The number of halogens is 1. The van der Waals surface area contributed by atoms with Gasteiger partial charge in [0, 0.05) is 23.3 Å². The number of nitrogens with zero attached hydrogens (tertiary/aromatic N) is 1. The van der Waals surface area contributed by atoms with E-state index in [4.69, 9.17) is 16.3 Å². The van der Waals surface area contributed by atoms with Crippen molar-refractivity contribution in [3.63, 3.8) is 0 Å².